The topological polar surface area (TPSA) is 22.1 Å². The first-order valence-electron chi connectivity index (χ1n) is 5.61. The van der Waals surface area contributed by atoms with Crippen LogP contribution < -0.4 is 4.74 Å². The number of hydrogen-bond donors (Lipinski definition) is 0. The number of fused-ring (bicyclic) bond motifs is 1. The van der Waals surface area contributed by atoms with Crippen LogP contribution in [0.15, 0.2) is 60.7 Å². The van der Waals surface area contributed by atoms with E-state index in [0.717, 1.165) is 16.7 Å². The molecule has 0 N–H and O–H groups in total. The van der Waals surface area contributed by atoms with Gasteiger partial charge in [-0.05, 0) is 24.3 Å². The highest BCUT2D eigenvalue weighted by atomic mass is 35.5. The van der Waals surface area contributed by atoms with Crippen molar-refractivity contribution in [1.82, 2.24) is 4.98 Å². The number of pyridine rings is 1. The zero-order chi connectivity index (χ0) is 12.4. The van der Waals surface area contributed by atoms with Gasteiger partial charge >= 0.3 is 0 Å². The van der Waals surface area contributed by atoms with Crippen LogP contribution in [0.1, 0.15) is 0 Å². The van der Waals surface area contributed by atoms with Crippen LogP contribution in [-0.2, 0) is 0 Å². The van der Waals surface area contributed by atoms with Crippen LogP contribution >= 0.6 is 11.6 Å². The maximum absolute atomic E-state index is 6.17. The van der Waals surface area contributed by atoms with E-state index >= 15 is 0 Å². The molecule has 88 valence electrons. The molecule has 0 atom stereocenters. The Kier molecular flexibility index (Phi) is 2.87. The maximum atomic E-state index is 6.17. The van der Waals surface area contributed by atoms with Gasteiger partial charge in [0.2, 0.25) is 5.88 Å². The summed E-state index contributed by atoms with van der Waals surface area (Å²) in [6.45, 7) is 0. The van der Waals surface area contributed by atoms with Crippen molar-refractivity contribution in [1.29, 1.82) is 0 Å². The van der Waals surface area contributed by atoms with Gasteiger partial charge in [0.05, 0.1) is 5.52 Å². The van der Waals surface area contributed by atoms with Crippen LogP contribution in [0.3, 0.4) is 0 Å². The van der Waals surface area contributed by atoms with Crippen LogP contribution in [0.25, 0.3) is 10.9 Å². The van der Waals surface area contributed by atoms with Crippen LogP contribution in [-0.4, -0.2) is 4.98 Å². The number of aromatic nitrogens is 1. The van der Waals surface area contributed by atoms with Crippen LogP contribution in [0, 0.1) is 0 Å². The standard InChI is InChI=1S/C15H10ClNO/c16-13-10-11-6-4-5-9-14(11)17-15(13)18-12-7-2-1-3-8-12/h1-10H. The highest BCUT2D eigenvalue weighted by Crippen LogP contribution is 2.30. The van der Waals surface area contributed by atoms with E-state index in [1.54, 1.807) is 0 Å². The summed E-state index contributed by atoms with van der Waals surface area (Å²) in [4.78, 5) is 4.42. The molecule has 0 aliphatic rings. The predicted octanol–water partition coefficient (Wildman–Crippen LogP) is 4.68. The SMILES string of the molecule is Clc1cc2ccccc2nc1Oc1ccccc1. The molecule has 0 unspecified atom stereocenters. The zero-order valence-electron chi connectivity index (χ0n) is 9.51. The van der Waals surface area contributed by atoms with Gasteiger partial charge in [0.25, 0.3) is 0 Å². The highest BCUT2D eigenvalue weighted by molar-refractivity contribution is 6.32. The molecule has 3 aromatic rings. The summed E-state index contributed by atoms with van der Waals surface area (Å²) in [7, 11) is 0. The van der Waals surface area contributed by atoms with E-state index in [9.17, 15) is 0 Å². The molecular formula is C15H10ClNO. The van der Waals surface area contributed by atoms with Crippen molar-refractivity contribution >= 4 is 22.5 Å². The lowest BCUT2D eigenvalue weighted by atomic mass is 10.2. The molecule has 0 saturated carbocycles. The molecular weight excluding hydrogens is 246 g/mol. The van der Waals surface area contributed by atoms with E-state index in [1.165, 1.54) is 0 Å². The van der Waals surface area contributed by atoms with Crippen molar-refractivity contribution in [3.63, 3.8) is 0 Å². The summed E-state index contributed by atoms with van der Waals surface area (Å²) in [5.41, 5.74) is 0.868. The Balaban J connectivity index is 2.04. The fourth-order valence-electron chi connectivity index (χ4n) is 1.74. The number of hydrogen-bond acceptors (Lipinski definition) is 2. The molecule has 3 heteroatoms. The molecule has 0 aliphatic heterocycles. The quantitative estimate of drug-likeness (QED) is 0.663. The lowest BCUT2D eigenvalue weighted by molar-refractivity contribution is 0.465. The number of para-hydroxylation sites is 2. The lowest BCUT2D eigenvalue weighted by Gasteiger charge is -2.07. The molecule has 2 aromatic carbocycles. The molecule has 0 fully saturated rings. The average Bonchev–Trinajstić information content (AvgIpc) is 2.41. The third-order valence-corrected chi connectivity index (χ3v) is 2.87. The summed E-state index contributed by atoms with van der Waals surface area (Å²) in [5.74, 6) is 1.16. The number of ether oxygens (including phenoxy) is 1. The molecule has 0 spiro atoms. The van der Waals surface area contributed by atoms with E-state index in [0.29, 0.717) is 10.9 Å². The lowest BCUT2D eigenvalue weighted by Crippen LogP contribution is -1.89. The Hall–Kier alpha value is -2.06. The van der Waals surface area contributed by atoms with E-state index in [2.05, 4.69) is 4.98 Å². The number of halogens is 1. The van der Waals surface area contributed by atoms with Gasteiger partial charge in [0, 0.05) is 5.39 Å². The van der Waals surface area contributed by atoms with Gasteiger partial charge in [-0.2, -0.15) is 0 Å². The minimum absolute atomic E-state index is 0.432. The first-order chi connectivity index (χ1) is 8.83. The summed E-state index contributed by atoms with van der Waals surface area (Å²) < 4.78 is 5.67. The average molecular weight is 256 g/mol. The molecule has 0 bridgehead atoms. The Morgan fingerprint density at radius 3 is 2.44 bits per heavy atom. The van der Waals surface area contributed by atoms with Gasteiger partial charge < -0.3 is 4.74 Å². The normalized spacial score (nSPS) is 10.5. The summed E-state index contributed by atoms with van der Waals surface area (Å²) >= 11 is 6.17. The monoisotopic (exact) mass is 255 g/mol. The zero-order valence-corrected chi connectivity index (χ0v) is 10.3. The van der Waals surface area contributed by atoms with Crippen molar-refractivity contribution in [3.05, 3.63) is 65.7 Å². The van der Waals surface area contributed by atoms with Crippen LogP contribution in [0.2, 0.25) is 5.02 Å². The molecule has 18 heavy (non-hydrogen) atoms. The van der Waals surface area contributed by atoms with Crippen molar-refractivity contribution in [2.45, 2.75) is 0 Å². The minimum Gasteiger partial charge on any atom is -0.438 e. The minimum atomic E-state index is 0.432. The largest absolute Gasteiger partial charge is 0.438 e. The van der Waals surface area contributed by atoms with Crippen molar-refractivity contribution < 1.29 is 4.74 Å². The van der Waals surface area contributed by atoms with Gasteiger partial charge in [-0.25, -0.2) is 4.98 Å². The smallest absolute Gasteiger partial charge is 0.238 e. The second-order valence-electron chi connectivity index (χ2n) is 3.88. The third-order valence-electron chi connectivity index (χ3n) is 2.60. The Morgan fingerprint density at radius 1 is 0.889 bits per heavy atom. The first kappa shape index (κ1) is 11.1. The van der Waals surface area contributed by atoms with Gasteiger partial charge in [0.1, 0.15) is 10.8 Å². The second-order valence-corrected chi connectivity index (χ2v) is 4.29. The summed E-state index contributed by atoms with van der Waals surface area (Å²) in [6.07, 6.45) is 0. The Bertz CT molecular complexity index is 682. The highest BCUT2D eigenvalue weighted by Gasteiger charge is 2.06. The predicted molar refractivity (Wildman–Crippen MR) is 73.3 cm³/mol. The Morgan fingerprint density at radius 2 is 1.61 bits per heavy atom. The van der Waals surface area contributed by atoms with Crippen molar-refractivity contribution in [2.24, 2.45) is 0 Å². The maximum Gasteiger partial charge on any atom is 0.238 e. The second kappa shape index (κ2) is 4.67. The van der Waals surface area contributed by atoms with E-state index < -0.39 is 0 Å². The molecule has 1 aromatic heterocycles. The van der Waals surface area contributed by atoms with Crippen molar-refractivity contribution in [3.8, 4) is 11.6 Å². The van der Waals surface area contributed by atoms with E-state index in [1.807, 2.05) is 60.7 Å². The third kappa shape index (κ3) is 2.15. The van der Waals surface area contributed by atoms with Gasteiger partial charge in [-0.3, -0.25) is 0 Å². The molecule has 2 nitrogen and oxygen atoms in total. The Labute approximate surface area is 110 Å². The van der Waals surface area contributed by atoms with E-state index in [4.69, 9.17) is 16.3 Å². The molecule has 0 aliphatic carbocycles. The van der Waals surface area contributed by atoms with Crippen molar-refractivity contribution in [2.75, 3.05) is 0 Å². The van der Waals surface area contributed by atoms with Gasteiger partial charge in [0.15, 0.2) is 0 Å². The number of rotatable bonds is 2. The fraction of sp³-hybridized carbons (Fsp3) is 0. The number of benzene rings is 2. The van der Waals surface area contributed by atoms with Crippen LogP contribution in [0.4, 0.5) is 0 Å². The summed E-state index contributed by atoms with van der Waals surface area (Å²) in [5, 5.41) is 1.51. The van der Waals surface area contributed by atoms with E-state index in [-0.39, 0.29) is 0 Å². The summed E-state index contributed by atoms with van der Waals surface area (Å²) in [6, 6.07) is 19.1. The number of nitrogens with zero attached hydrogens (tertiary/aromatic N) is 1. The molecule has 0 amide bonds. The molecule has 0 radical (unpaired) electrons. The molecule has 0 saturated heterocycles. The van der Waals surface area contributed by atoms with Gasteiger partial charge in [-0.1, -0.05) is 48.0 Å². The van der Waals surface area contributed by atoms with Gasteiger partial charge in [-0.15, -0.1) is 0 Å². The fourth-order valence-corrected chi connectivity index (χ4v) is 1.94. The van der Waals surface area contributed by atoms with Crippen LogP contribution in [0.5, 0.6) is 11.6 Å². The molecule has 1 heterocycles. The molecule has 3 rings (SSSR count). The first-order valence-corrected chi connectivity index (χ1v) is 5.99.